The fourth-order valence-electron chi connectivity index (χ4n) is 2.73. The summed E-state index contributed by atoms with van der Waals surface area (Å²) in [5, 5.41) is 3.27. The van der Waals surface area contributed by atoms with Gasteiger partial charge in [0.15, 0.2) is 9.84 Å². The Morgan fingerprint density at radius 1 is 1.23 bits per heavy atom. The highest BCUT2D eigenvalue weighted by atomic mass is 35.5. The van der Waals surface area contributed by atoms with E-state index in [-0.39, 0.29) is 33.2 Å². The Balaban J connectivity index is 2.19. The molecule has 1 fully saturated rings. The van der Waals surface area contributed by atoms with Gasteiger partial charge in [-0.1, -0.05) is 44.2 Å². The highest BCUT2D eigenvalue weighted by molar-refractivity contribution is 7.91. The summed E-state index contributed by atoms with van der Waals surface area (Å²) in [5.41, 5.74) is 0.237. The third-order valence-electron chi connectivity index (χ3n) is 4.11. The Morgan fingerprint density at radius 3 is 2.45 bits per heavy atom. The molecule has 4 nitrogen and oxygen atoms in total. The van der Waals surface area contributed by atoms with Crippen molar-refractivity contribution in [2.24, 2.45) is 0 Å². The first kappa shape index (κ1) is 17.3. The molecule has 1 saturated carbocycles. The van der Waals surface area contributed by atoms with E-state index in [2.05, 4.69) is 5.32 Å². The van der Waals surface area contributed by atoms with E-state index in [1.54, 1.807) is 6.92 Å². The monoisotopic (exact) mass is 343 g/mol. The van der Waals surface area contributed by atoms with Crippen molar-refractivity contribution in [2.45, 2.75) is 56.4 Å². The summed E-state index contributed by atoms with van der Waals surface area (Å²) in [6.45, 7) is 1.58. The van der Waals surface area contributed by atoms with Crippen molar-refractivity contribution in [1.29, 1.82) is 0 Å². The second-order valence-corrected chi connectivity index (χ2v) is 8.39. The molecule has 0 aromatic heterocycles. The van der Waals surface area contributed by atoms with Crippen molar-refractivity contribution < 1.29 is 13.2 Å². The molecule has 1 N–H and O–H groups in total. The van der Waals surface area contributed by atoms with Gasteiger partial charge in [0.05, 0.1) is 21.2 Å². The number of amides is 1. The van der Waals surface area contributed by atoms with Crippen LogP contribution < -0.4 is 5.32 Å². The molecule has 0 aliphatic heterocycles. The maximum absolute atomic E-state index is 12.4. The molecule has 0 unspecified atom stereocenters. The van der Waals surface area contributed by atoms with Crippen LogP contribution >= 0.6 is 11.6 Å². The van der Waals surface area contributed by atoms with Gasteiger partial charge >= 0.3 is 0 Å². The zero-order valence-corrected chi connectivity index (χ0v) is 14.3. The molecule has 1 aliphatic carbocycles. The van der Waals surface area contributed by atoms with E-state index in [4.69, 9.17) is 11.6 Å². The number of carbonyl (C=O) groups is 1. The van der Waals surface area contributed by atoms with Gasteiger partial charge in [-0.3, -0.25) is 4.79 Å². The van der Waals surface area contributed by atoms with Gasteiger partial charge in [-0.15, -0.1) is 0 Å². The lowest BCUT2D eigenvalue weighted by Gasteiger charge is -2.17. The third kappa shape index (κ3) is 4.23. The van der Waals surface area contributed by atoms with Crippen LogP contribution in [0.2, 0.25) is 5.02 Å². The quantitative estimate of drug-likeness (QED) is 0.850. The van der Waals surface area contributed by atoms with Crippen LogP contribution in [0.5, 0.6) is 0 Å². The SMILES string of the molecule is CCS(=O)(=O)c1ccc(Cl)c(C(=O)NC2CCCCCC2)c1. The number of nitrogens with one attached hydrogen (secondary N) is 1. The minimum absolute atomic E-state index is 0.00167. The Kier molecular flexibility index (Phi) is 5.87. The van der Waals surface area contributed by atoms with E-state index >= 15 is 0 Å². The second kappa shape index (κ2) is 7.47. The largest absolute Gasteiger partial charge is 0.349 e. The zero-order valence-electron chi connectivity index (χ0n) is 12.8. The lowest BCUT2D eigenvalue weighted by molar-refractivity contribution is 0.0933. The zero-order chi connectivity index (χ0) is 16.2. The molecule has 0 saturated heterocycles. The summed E-state index contributed by atoms with van der Waals surface area (Å²) in [6, 6.07) is 4.46. The van der Waals surface area contributed by atoms with Crippen molar-refractivity contribution in [1.82, 2.24) is 5.32 Å². The molecule has 2 rings (SSSR count). The van der Waals surface area contributed by atoms with Crippen molar-refractivity contribution in [3.63, 3.8) is 0 Å². The van der Waals surface area contributed by atoms with Crippen molar-refractivity contribution >= 4 is 27.3 Å². The van der Waals surface area contributed by atoms with Crippen molar-refractivity contribution in [3.8, 4) is 0 Å². The molecule has 0 atom stereocenters. The number of halogens is 1. The number of rotatable bonds is 4. The molecule has 1 aromatic carbocycles. The Labute approximate surface area is 137 Å². The van der Waals surface area contributed by atoms with Crippen LogP contribution in [0.4, 0.5) is 0 Å². The van der Waals surface area contributed by atoms with E-state index in [0.717, 1.165) is 25.7 Å². The van der Waals surface area contributed by atoms with Crippen molar-refractivity contribution in [2.75, 3.05) is 5.75 Å². The second-order valence-electron chi connectivity index (χ2n) is 5.71. The average molecular weight is 344 g/mol. The fourth-order valence-corrected chi connectivity index (χ4v) is 3.83. The first-order chi connectivity index (χ1) is 10.4. The van der Waals surface area contributed by atoms with E-state index < -0.39 is 9.84 Å². The van der Waals surface area contributed by atoms with Crippen LogP contribution in [-0.2, 0) is 9.84 Å². The van der Waals surface area contributed by atoms with Gasteiger partial charge < -0.3 is 5.32 Å². The smallest absolute Gasteiger partial charge is 0.253 e. The Morgan fingerprint density at radius 2 is 1.86 bits per heavy atom. The molecule has 6 heteroatoms. The standard InChI is InChI=1S/C16H22ClNO3S/c1-2-22(20,21)13-9-10-15(17)14(11-13)16(19)18-12-7-5-3-4-6-8-12/h9-12H,2-8H2,1H3,(H,18,19). The van der Waals surface area contributed by atoms with E-state index in [0.29, 0.717) is 0 Å². The van der Waals surface area contributed by atoms with Gasteiger partial charge in [-0.05, 0) is 31.0 Å². The van der Waals surface area contributed by atoms with Crippen LogP contribution in [0.3, 0.4) is 0 Å². The lowest BCUT2D eigenvalue weighted by Crippen LogP contribution is -2.34. The lowest BCUT2D eigenvalue weighted by atomic mass is 10.1. The number of carbonyl (C=O) groups excluding carboxylic acids is 1. The average Bonchev–Trinajstić information content (AvgIpc) is 2.76. The third-order valence-corrected chi connectivity index (χ3v) is 6.17. The summed E-state index contributed by atoms with van der Waals surface area (Å²) in [4.78, 5) is 12.6. The van der Waals surface area contributed by atoms with Gasteiger partial charge in [-0.25, -0.2) is 8.42 Å². The topological polar surface area (TPSA) is 63.2 Å². The predicted octanol–water partition coefficient (Wildman–Crippen LogP) is 3.59. The highest BCUT2D eigenvalue weighted by Gasteiger charge is 2.20. The van der Waals surface area contributed by atoms with E-state index in [1.165, 1.54) is 31.0 Å². The normalized spacial score (nSPS) is 17.0. The van der Waals surface area contributed by atoms with Crippen molar-refractivity contribution in [3.05, 3.63) is 28.8 Å². The van der Waals surface area contributed by atoms with Gasteiger partial charge in [-0.2, -0.15) is 0 Å². The maximum Gasteiger partial charge on any atom is 0.253 e. The number of sulfone groups is 1. The first-order valence-electron chi connectivity index (χ1n) is 7.77. The molecular formula is C16H22ClNO3S. The van der Waals surface area contributed by atoms with Gasteiger partial charge in [0.1, 0.15) is 0 Å². The van der Waals surface area contributed by atoms with Gasteiger partial charge in [0, 0.05) is 6.04 Å². The summed E-state index contributed by atoms with van der Waals surface area (Å²) in [7, 11) is -3.35. The molecule has 1 amide bonds. The van der Waals surface area contributed by atoms with Crippen LogP contribution in [-0.4, -0.2) is 26.1 Å². The molecular weight excluding hydrogens is 322 g/mol. The molecule has 22 heavy (non-hydrogen) atoms. The highest BCUT2D eigenvalue weighted by Crippen LogP contribution is 2.23. The number of hydrogen-bond donors (Lipinski definition) is 1. The molecule has 0 spiro atoms. The fraction of sp³-hybridized carbons (Fsp3) is 0.562. The summed E-state index contributed by atoms with van der Waals surface area (Å²) in [5.74, 6) is -0.289. The summed E-state index contributed by atoms with van der Waals surface area (Å²) >= 11 is 6.08. The van der Waals surface area contributed by atoms with Gasteiger partial charge in [0.2, 0.25) is 0 Å². The van der Waals surface area contributed by atoms with Gasteiger partial charge in [0.25, 0.3) is 5.91 Å². The molecule has 0 bridgehead atoms. The molecule has 0 radical (unpaired) electrons. The maximum atomic E-state index is 12.4. The number of hydrogen-bond acceptors (Lipinski definition) is 3. The summed E-state index contributed by atoms with van der Waals surface area (Å²) in [6.07, 6.45) is 6.58. The van der Waals surface area contributed by atoms with E-state index in [1.807, 2.05) is 0 Å². The van der Waals surface area contributed by atoms with Crippen LogP contribution in [0, 0.1) is 0 Å². The Hall–Kier alpha value is -1.07. The van der Waals surface area contributed by atoms with Crippen LogP contribution in [0.15, 0.2) is 23.1 Å². The molecule has 0 heterocycles. The van der Waals surface area contributed by atoms with Crippen LogP contribution in [0.1, 0.15) is 55.8 Å². The first-order valence-corrected chi connectivity index (χ1v) is 9.80. The minimum Gasteiger partial charge on any atom is -0.349 e. The number of benzene rings is 1. The molecule has 1 aromatic rings. The summed E-state index contributed by atoms with van der Waals surface area (Å²) < 4.78 is 23.9. The van der Waals surface area contributed by atoms with Crippen LogP contribution in [0.25, 0.3) is 0 Å². The van der Waals surface area contributed by atoms with E-state index in [9.17, 15) is 13.2 Å². The molecule has 1 aliphatic rings. The Bertz CT molecular complexity index is 635. The predicted molar refractivity (Wildman–Crippen MR) is 88.1 cm³/mol. The minimum atomic E-state index is -3.35. The molecule has 122 valence electrons.